The number of carboxylic acids is 1. The number of aliphatic carboxylic acids is 1. The fourth-order valence-corrected chi connectivity index (χ4v) is 2.28. The van der Waals surface area contributed by atoms with Gasteiger partial charge < -0.3 is 32.3 Å². The standard InChI is InChI=1S/C17H26N4O5/c18-8-2-1-3-13(19)16(25)21-14(17(26)20-10-15(23)24)9-11-4-6-12(22)7-5-11/h4-7,13-14,22H,1-3,8-10,18-19H2,(H,20,26)(H,21,25)(H,23,24)/t13-,14-/m0/s1. The molecule has 0 aliphatic carbocycles. The molecule has 0 radical (unpaired) electrons. The zero-order chi connectivity index (χ0) is 19.5. The minimum Gasteiger partial charge on any atom is -0.508 e. The lowest BCUT2D eigenvalue weighted by Gasteiger charge is -2.20. The van der Waals surface area contributed by atoms with E-state index >= 15 is 0 Å². The van der Waals surface area contributed by atoms with E-state index in [2.05, 4.69) is 10.6 Å². The third kappa shape index (κ3) is 7.95. The molecule has 0 saturated heterocycles. The Balaban J connectivity index is 2.75. The highest BCUT2D eigenvalue weighted by Crippen LogP contribution is 2.11. The third-order valence-electron chi connectivity index (χ3n) is 3.73. The largest absolute Gasteiger partial charge is 0.508 e. The van der Waals surface area contributed by atoms with Crippen molar-refractivity contribution in [1.29, 1.82) is 0 Å². The van der Waals surface area contributed by atoms with Crippen molar-refractivity contribution in [3.63, 3.8) is 0 Å². The lowest BCUT2D eigenvalue weighted by molar-refractivity contribution is -0.138. The Labute approximate surface area is 151 Å². The predicted molar refractivity (Wildman–Crippen MR) is 95.3 cm³/mol. The molecule has 9 nitrogen and oxygen atoms in total. The second-order valence-corrected chi connectivity index (χ2v) is 5.93. The van der Waals surface area contributed by atoms with Gasteiger partial charge in [0.25, 0.3) is 0 Å². The Morgan fingerprint density at radius 1 is 1.08 bits per heavy atom. The van der Waals surface area contributed by atoms with Gasteiger partial charge in [0.05, 0.1) is 6.04 Å². The Morgan fingerprint density at radius 2 is 1.73 bits per heavy atom. The van der Waals surface area contributed by atoms with Crippen LogP contribution in [0.5, 0.6) is 5.75 Å². The molecular weight excluding hydrogens is 340 g/mol. The van der Waals surface area contributed by atoms with E-state index in [-0.39, 0.29) is 12.2 Å². The Hall–Kier alpha value is -2.65. The second-order valence-electron chi connectivity index (χ2n) is 5.93. The molecule has 8 N–H and O–H groups in total. The number of rotatable bonds is 11. The van der Waals surface area contributed by atoms with E-state index in [1.807, 2.05) is 0 Å². The lowest BCUT2D eigenvalue weighted by atomic mass is 10.0. The van der Waals surface area contributed by atoms with Crippen molar-refractivity contribution < 1.29 is 24.6 Å². The molecular formula is C17H26N4O5. The number of amides is 2. The van der Waals surface area contributed by atoms with Crippen molar-refractivity contribution >= 4 is 17.8 Å². The number of nitrogens with one attached hydrogen (secondary N) is 2. The van der Waals surface area contributed by atoms with Crippen LogP contribution < -0.4 is 22.1 Å². The highest BCUT2D eigenvalue weighted by atomic mass is 16.4. The molecule has 2 amide bonds. The van der Waals surface area contributed by atoms with Gasteiger partial charge in [0.2, 0.25) is 11.8 Å². The average molecular weight is 366 g/mol. The van der Waals surface area contributed by atoms with Gasteiger partial charge in [0.1, 0.15) is 18.3 Å². The van der Waals surface area contributed by atoms with Crippen LogP contribution >= 0.6 is 0 Å². The van der Waals surface area contributed by atoms with Gasteiger partial charge in [-0.25, -0.2) is 0 Å². The number of hydrogen-bond donors (Lipinski definition) is 6. The van der Waals surface area contributed by atoms with Gasteiger partial charge >= 0.3 is 5.97 Å². The summed E-state index contributed by atoms with van der Waals surface area (Å²) in [4.78, 5) is 35.1. The molecule has 1 rings (SSSR count). The molecule has 2 atom stereocenters. The minimum atomic E-state index is -1.19. The number of hydrogen-bond acceptors (Lipinski definition) is 6. The fourth-order valence-electron chi connectivity index (χ4n) is 2.28. The smallest absolute Gasteiger partial charge is 0.322 e. The van der Waals surface area contributed by atoms with Crippen LogP contribution in [0.25, 0.3) is 0 Å². The molecule has 0 bridgehead atoms. The van der Waals surface area contributed by atoms with Crippen molar-refractivity contribution in [2.45, 2.75) is 37.8 Å². The summed E-state index contributed by atoms with van der Waals surface area (Å²) in [6.07, 6.45) is 2.01. The number of phenols is 1. The van der Waals surface area contributed by atoms with Crippen LogP contribution in [0.2, 0.25) is 0 Å². The second kappa shape index (κ2) is 11.1. The van der Waals surface area contributed by atoms with Crippen LogP contribution in [0.3, 0.4) is 0 Å². The molecule has 0 aliphatic heterocycles. The summed E-state index contributed by atoms with van der Waals surface area (Å²) in [6.45, 7) is -0.0429. The number of carbonyl (C=O) groups excluding carboxylic acids is 2. The molecule has 0 spiro atoms. The molecule has 26 heavy (non-hydrogen) atoms. The van der Waals surface area contributed by atoms with Crippen LogP contribution in [-0.2, 0) is 20.8 Å². The predicted octanol–water partition coefficient (Wildman–Crippen LogP) is -0.923. The van der Waals surface area contributed by atoms with E-state index in [9.17, 15) is 19.5 Å². The molecule has 0 unspecified atom stereocenters. The quantitative estimate of drug-likeness (QED) is 0.275. The van der Waals surface area contributed by atoms with E-state index in [0.29, 0.717) is 24.9 Å². The summed E-state index contributed by atoms with van der Waals surface area (Å²) in [5.41, 5.74) is 11.9. The maximum Gasteiger partial charge on any atom is 0.322 e. The van der Waals surface area contributed by atoms with E-state index in [1.165, 1.54) is 12.1 Å². The molecule has 0 aliphatic rings. The van der Waals surface area contributed by atoms with Crippen molar-refractivity contribution in [3.05, 3.63) is 29.8 Å². The first kappa shape index (κ1) is 21.4. The van der Waals surface area contributed by atoms with Gasteiger partial charge in [-0.2, -0.15) is 0 Å². The van der Waals surface area contributed by atoms with Crippen molar-refractivity contribution in [2.75, 3.05) is 13.1 Å². The van der Waals surface area contributed by atoms with E-state index in [4.69, 9.17) is 16.6 Å². The number of benzene rings is 1. The zero-order valence-corrected chi connectivity index (χ0v) is 14.5. The lowest BCUT2D eigenvalue weighted by Crippen LogP contribution is -2.53. The summed E-state index contributed by atoms with van der Waals surface area (Å²) in [5, 5.41) is 22.8. The van der Waals surface area contributed by atoms with Crippen LogP contribution in [-0.4, -0.2) is 53.2 Å². The Morgan fingerprint density at radius 3 is 2.31 bits per heavy atom. The van der Waals surface area contributed by atoms with Gasteiger partial charge in [0, 0.05) is 6.42 Å². The molecule has 0 saturated carbocycles. The summed E-state index contributed by atoms with van der Waals surface area (Å²) in [5.74, 6) is -2.22. The normalized spacial score (nSPS) is 12.8. The first-order chi connectivity index (χ1) is 12.3. The van der Waals surface area contributed by atoms with E-state index in [0.717, 1.165) is 6.42 Å². The first-order valence-corrected chi connectivity index (χ1v) is 8.37. The topological polar surface area (TPSA) is 168 Å². The van der Waals surface area contributed by atoms with E-state index in [1.54, 1.807) is 12.1 Å². The van der Waals surface area contributed by atoms with Crippen LogP contribution in [0.15, 0.2) is 24.3 Å². The first-order valence-electron chi connectivity index (χ1n) is 8.37. The Bertz CT molecular complexity index is 606. The number of nitrogens with two attached hydrogens (primary N) is 2. The Kier molecular flexibility index (Phi) is 9.10. The zero-order valence-electron chi connectivity index (χ0n) is 14.5. The SMILES string of the molecule is NCCCC[C@H](N)C(=O)N[C@@H](Cc1ccc(O)cc1)C(=O)NCC(=O)O. The van der Waals surface area contributed by atoms with Crippen molar-refractivity contribution in [1.82, 2.24) is 10.6 Å². The van der Waals surface area contributed by atoms with Crippen LogP contribution in [0.1, 0.15) is 24.8 Å². The van der Waals surface area contributed by atoms with E-state index < -0.39 is 36.4 Å². The summed E-state index contributed by atoms with van der Waals surface area (Å²) in [7, 11) is 0. The summed E-state index contributed by atoms with van der Waals surface area (Å²) >= 11 is 0. The maximum absolute atomic E-state index is 12.2. The van der Waals surface area contributed by atoms with Gasteiger partial charge in [-0.05, 0) is 37.1 Å². The van der Waals surface area contributed by atoms with Gasteiger partial charge in [-0.1, -0.05) is 18.6 Å². The minimum absolute atomic E-state index is 0.0755. The molecule has 0 fully saturated rings. The maximum atomic E-state index is 12.2. The van der Waals surface area contributed by atoms with Gasteiger partial charge in [-0.3, -0.25) is 14.4 Å². The third-order valence-corrected chi connectivity index (χ3v) is 3.73. The molecule has 0 aromatic heterocycles. The molecule has 0 heterocycles. The number of carbonyl (C=O) groups is 3. The summed E-state index contributed by atoms with van der Waals surface area (Å²) in [6, 6.07) is 4.38. The monoisotopic (exact) mass is 366 g/mol. The number of carboxylic acid groups (broad SMARTS) is 1. The molecule has 9 heteroatoms. The molecule has 1 aromatic carbocycles. The van der Waals surface area contributed by atoms with Gasteiger partial charge in [-0.15, -0.1) is 0 Å². The van der Waals surface area contributed by atoms with Crippen LogP contribution in [0, 0.1) is 0 Å². The number of unbranched alkanes of at least 4 members (excludes halogenated alkanes) is 1. The highest BCUT2D eigenvalue weighted by molar-refractivity contribution is 5.91. The average Bonchev–Trinajstić information content (AvgIpc) is 2.60. The number of phenolic OH excluding ortho intramolecular Hbond substituents is 1. The molecule has 1 aromatic rings. The van der Waals surface area contributed by atoms with Gasteiger partial charge in [0.15, 0.2) is 0 Å². The fraction of sp³-hybridized carbons (Fsp3) is 0.471. The molecule has 144 valence electrons. The summed E-state index contributed by atoms with van der Waals surface area (Å²) < 4.78 is 0. The van der Waals surface area contributed by atoms with Crippen molar-refractivity contribution in [2.24, 2.45) is 11.5 Å². The highest BCUT2D eigenvalue weighted by Gasteiger charge is 2.24. The van der Waals surface area contributed by atoms with Crippen molar-refractivity contribution in [3.8, 4) is 5.75 Å². The van der Waals surface area contributed by atoms with Crippen LogP contribution in [0.4, 0.5) is 0 Å². The number of aromatic hydroxyl groups is 1.